The van der Waals surface area contributed by atoms with E-state index >= 15 is 0 Å². The third kappa shape index (κ3) is 1.86. The standard InChI is InChI=1S/C4H2Cl2O3S2/c5-2-1-10-4(3(2)6)11(7,8)9/h1H,(H,7,8,9). The van der Waals surface area contributed by atoms with Crippen LogP contribution in [0, 0.1) is 0 Å². The minimum Gasteiger partial charge on any atom is -0.281 e. The van der Waals surface area contributed by atoms with E-state index in [4.69, 9.17) is 27.8 Å². The van der Waals surface area contributed by atoms with E-state index in [9.17, 15) is 8.42 Å². The minimum atomic E-state index is -4.21. The SMILES string of the molecule is O=S(=O)(O)c1scc(Cl)c1Cl. The highest BCUT2D eigenvalue weighted by Gasteiger charge is 2.18. The summed E-state index contributed by atoms with van der Waals surface area (Å²) in [4.78, 5) is 0. The van der Waals surface area contributed by atoms with Crippen molar-refractivity contribution in [3.63, 3.8) is 0 Å². The van der Waals surface area contributed by atoms with Gasteiger partial charge in [-0.15, -0.1) is 11.3 Å². The molecule has 0 aliphatic heterocycles. The molecule has 0 aliphatic rings. The van der Waals surface area contributed by atoms with E-state index in [0.717, 1.165) is 11.3 Å². The van der Waals surface area contributed by atoms with Gasteiger partial charge in [0.1, 0.15) is 0 Å². The summed E-state index contributed by atoms with van der Waals surface area (Å²) in [6, 6.07) is 0. The molecule has 0 saturated carbocycles. The Morgan fingerprint density at radius 1 is 1.45 bits per heavy atom. The van der Waals surface area contributed by atoms with E-state index in [1.807, 2.05) is 0 Å². The largest absolute Gasteiger partial charge is 0.305 e. The van der Waals surface area contributed by atoms with Gasteiger partial charge in [0.15, 0.2) is 4.21 Å². The first-order valence-electron chi connectivity index (χ1n) is 2.33. The van der Waals surface area contributed by atoms with E-state index < -0.39 is 10.1 Å². The molecule has 0 radical (unpaired) electrons. The third-order valence-corrected chi connectivity index (χ3v) is 4.40. The summed E-state index contributed by atoms with van der Waals surface area (Å²) in [5, 5.41) is 1.34. The maximum Gasteiger partial charge on any atom is 0.305 e. The van der Waals surface area contributed by atoms with Crippen molar-refractivity contribution >= 4 is 44.7 Å². The molecule has 0 saturated heterocycles. The molecule has 0 aliphatic carbocycles. The Morgan fingerprint density at radius 2 is 2.00 bits per heavy atom. The van der Waals surface area contributed by atoms with Crippen molar-refractivity contribution < 1.29 is 13.0 Å². The van der Waals surface area contributed by atoms with Crippen LogP contribution in [0.4, 0.5) is 0 Å². The molecular formula is C4H2Cl2O3S2. The summed E-state index contributed by atoms with van der Waals surface area (Å²) < 4.78 is 29.2. The lowest BCUT2D eigenvalue weighted by Crippen LogP contribution is -1.94. The molecule has 62 valence electrons. The van der Waals surface area contributed by atoms with Gasteiger partial charge in [-0.2, -0.15) is 8.42 Å². The molecule has 1 N–H and O–H groups in total. The van der Waals surface area contributed by atoms with Crippen LogP contribution in [0.25, 0.3) is 0 Å². The van der Waals surface area contributed by atoms with Crippen molar-refractivity contribution in [2.45, 2.75) is 4.21 Å². The highest BCUT2D eigenvalue weighted by atomic mass is 35.5. The van der Waals surface area contributed by atoms with Crippen LogP contribution >= 0.6 is 34.5 Å². The average molecular weight is 233 g/mol. The van der Waals surface area contributed by atoms with Gasteiger partial charge in [0.05, 0.1) is 10.0 Å². The number of hydrogen-bond donors (Lipinski definition) is 1. The summed E-state index contributed by atoms with van der Waals surface area (Å²) >= 11 is 11.7. The summed E-state index contributed by atoms with van der Waals surface area (Å²) in [6.45, 7) is 0. The third-order valence-electron chi connectivity index (χ3n) is 0.893. The lowest BCUT2D eigenvalue weighted by molar-refractivity contribution is 0.485. The van der Waals surface area contributed by atoms with Gasteiger partial charge in [-0.05, 0) is 0 Å². The van der Waals surface area contributed by atoms with Crippen LogP contribution in [0.1, 0.15) is 0 Å². The predicted molar refractivity (Wildman–Crippen MR) is 44.2 cm³/mol. The summed E-state index contributed by atoms with van der Waals surface area (Å²) in [5.41, 5.74) is 0. The van der Waals surface area contributed by atoms with E-state index in [2.05, 4.69) is 0 Å². The average Bonchev–Trinajstić information content (AvgIpc) is 2.11. The van der Waals surface area contributed by atoms with Crippen LogP contribution in [-0.4, -0.2) is 13.0 Å². The molecule has 1 rings (SSSR count). The molecule has 0 aromatic carbocycles. The maximum atomic E-state index is 10.5. The van der Waals surface area contributed by atoms with Crippen LogP contribution in [0.15, 0.2) is 9.59 Å². The number of thiophene rings is 1. The van der Waals surface area contributed by atoms with E-state index in [0.29, 0.717) is 0 Å². The quantitative estimate of drug-likeness (QED) is 0.757. The molecule has 0 fully saturated rings. The minimum absolute atomic E-state index is 0.126. The first-order valence-corrected chi connectivity index (χ1v) is 5.40. The van der Waals surface area contributed by atoms with Gasteiger partial charge in [0, 0.05) is 5.38 Å². The van der Waals surface area contributed by atoms with E-state index in [1.165, 1.54) is 5.38 Å². The summed E-state index contributed by atoms with van der Waals surface area (Å²) in [5.74, 6) is 0. The van der Waals surface area contributed by atoms with Crippen LogP contribution in [0.5, 0.6) is 0 Å². The zero-order chi connectivity index (χ0) is 8.65. The van der Waals surface area contributed by atoms with Crippen molar-refractivity contribution in [1.82, 2.24) is 0 Å². The van der Waals surface area contributed by atoms with Crippen molar-refractivity contribution in [1.29, 1.82) is 0 Å². The molecule has 1 aromatic rings. The fourth-order valence-electron chi connectivity index (χ4n) is 0.480. The predicted octanol–water partition coefficient (Wildman–Crippen LogP) is 2.30. The second-order valence-corrected chi connectivity index (χ2v) is 4.94. The fraction of sp³-hybridized carbons (Fsp3) is 0. The Labute approximate surface area is 77.3 Å². The lowest BCUT2D eigenvalue weighted by atomic mass is 10.7. The Balaban J connectivity index is 3.38. The summed E-state index contributed by atoms with van der Waals surface area (Å²) in [7, 11) is -4.21. The van der Waals surface area contributed by atoms with Crippen molar-refractivity contribution in [3.05, 3.63) is 15.4 Å². The molecular weight excluding hydrogens is 231 g/mol. The van der Waals surface area contributed by atoms with Crippen LogP contribution in [0.3, 0.4) is 0 Å². The van der Waals surface area contributed by atoms with Gasteiger partial charge in [-0.25, -0.2) is 0 Å². The molecule has 7 heteroatoms. The molecule has 11 heavy (non-hydrogen) atoms. The van der Waals surface area contributed by atoms with Gasteiger partial charge < -0.3 is 0 Å². The smallest absolute Gasteiger partial charge is 0.281 e. The van der Waals surface area contributed by atoms with Gasteiger partial charge in [-0.1, -0.05) is 23.2 Å². The second kappa shape index (κ2) is 2.91. The van der Waals surface area contributed by atoms with E-state index in [-0.39, 0.29) is 14.3 Å². The number of hydrogen-bond acceptors (Lipinski definition) is 3. The highest BCUT2D eigenvalue weighted by molar-refractivity contribution is 7.88. The van der Waals surface area contributed by atoms with Crippen LogP contribution in [0.2, 0.25) is 10.0 Å². The van der Waals surface area contributed by atoms with Crippen LogP contribution in [-0.2, 0) is 10.1 Å². The maximum absolute atomic E-state index is 10.5. The van der Waals surface area contributed by atoms with Gasteiger partial charge in [-0.3, -0.25) is 4.55 Å². The monoisotopic (exact) mass is 232 g/mol. The fourth-order valence-corrected chi connectivity index (χ4v) is 2.87. The van der Waals surface area contributed by atoms with E-state index in [1.54, 1.807) is 0 Å². The number of rotatable bonds is 1. The molecule has 0 spiro atoms. The molecule has 1 heterocycles. The summed E-state index contributed by atoms with van der Waals surface area (Å²) in [6.07, 6.45) is 0. The Kier molecular flexibility index (Phi) is 2.46. The molecule has 3 nitrogen and oxygen atoms in total. The molecule has 0 bridgehead atoms. The van der Waals surface area contributed by atoms with Crippen LogP contribution < -0.4 is 0 Å². The highest BCUT2D eigenvalue weighted by Crippen LogP contribution is 2.34. The molecule has 0 amide bonds. The Morgan fingerprint density at radius 3 is 2.18 bits per heavy atom. The van der Waals surface area contributed by atoms with Crippen molar-refractivity contribution in [2.75, 3.05) is 0 Å². The molecule has 0 unspecified atom stereocenters. The van der Waals surface area contributed by atoms with Crippen molar-refractivity contribution in [2.24, 2.45) is 0 Å². The first kappa shape index (κ1) is 9.28. The second-order valence-electron chi connectivity index (χ2n) is 1.66. The number of halogens is 2. The van der Waals surface area contributed by atoms with Gasteiger partial charge >= 0.3 is 10.1 Å². The topological polar surface area (TPSA) is 54.4 Å². The normalized spacial score (nSPS) is 11.9. The first-order chi connectivity index (χ1) is 4.93. The zero-order valence-electron chi connectivity index (χ0n) is 4.91. The molecule has 1 aromatic heterocycles. The van der Waals surface area contributed by atoms with Crippen molar-refractivity contribution in [3.8, 4) is 0 Å². The van der Waals surface area contributed by atoms with Gasteiger partial charge in [0.2, 0.25) is 0 Å². The lowest BCUT2D eigenvalue weighted by Gasteiger charge is -1.90. The molecule has 0 atom stereocenters. The van der Waals surface area contributed by atoms with Gasteiger partial charge in [0.25, 0.3) is 0 Å². The Hall–Kier alpha value is 0.190. The Bertz CT molecular complexity index is 367. The zero-order valence-corrected chi connectivity index (χ0v) is 8.06.